The van der Waals surface area contributed by atoms with Crippen molar-refractivity contribution in [3.05, 3.63) is 23.9 Å². The summed E-state index contributed by atoms with van der Waals surface area (Å²) in [6.45, 7) is 5.97. The van der Waals surface area contributed by atoms with Gasteiger partial charge in [-0.05, 0) is 44.2 Å². The van der Waals surface area contributed by atoms with E-state index in [1.54, 1.807) is 6.20 Å². The van der Waals surface area contributed by atoms with Gasteiger partial charge in [0.1, 0.15) is 5.82 Å². The molecule has 4 nitrogen and oxygen atoms in total. The first-order valence-corrected chi connectivity index (χ1v) is 10.5. The fourth-order valence-electron chi connectivity index (χ4n) is 3.99. The fourth-order valence-corrected chi connectivity index (χ4v) is 3.99. The number of amides is 2. The van der Waals surface area contributed by atoms with Crippen molar-refractivity contribution in [2.24, 2.45) is 11.8 Å². The van der Waals surface area contributed by atoms with Crippen LogP contribution in [0.15, 0.2) is 18.3 Å². The zero-order valence-electron chi connectivity index (χ0n) is 16.7. The number of pyridine rings is 1. The number of nitrogens with zero attached hydrogens (tertiary/aromatic N) is 2. The van der Waals surface area contributed by atoms with Gasteiger partial charge in [0.05, 0.1) is 0 Å². The molecule has 2 fully saturated rings. The highest BCUT2D eigenvalue weighted by atomic mass is 16.2. The van der Waals surface area contributed by atoms with E-state index >= 15 is 0 Å². The predicted molar refractivity (Wildman–Crippen MR) is 106 cm³/mol. The average Bonchev–Trinajstić information content (AvgIpc) is 2.72. The number of imide groups is 1. The highest BCUT2D eigenvalue weighted by Gasteiger charge is 2.35. The molecule has 3 rings (SSSR count). The maximum Gasteiger partial charge on any atom is 0.238 e. The average molecular weight is 359 g/mol. The van der Waals surface area contributed by atoms with Crippen LogP contribution in [0.3, 0.4) is 0 Å². The van der Waals surface area contributed by atoms with E-state index in [-0.39, 0.29) is 23.7 Å². The van der Waals surface area contributed by atoms with Gasteiger partial charge in [0.15, 0.2) is 0 Å². The first-order chi connectivity index (χ1) is 12.7. The lowest BCUT2D eigenvalue weighted by atomic mass is 9.86. The Morgan fingerprint density at radius 1 is 0.846 bits per heavy atom. The molecule has 0 N–H and O–H groups in total. The number of anilines is 1. The van der Waals surface area contributed by atoms with E-state index in [1.807, 2.05) is 32.9 Å². The van der Waals surface area contributed by atoms with Crippen LogP contribution in [-0.4, -0.2) is 16.8 Å². The third-order valence-corrected chi connectivity index (χ3v) is 5.47. The Balaban J connectivity index is 0.00000117. The molecule has 1 aromatic heterocycles. The monoisotopic (exact) mass is 358 g/mol. The van der Waals surface area contributed by atoms with Gasteiger partial charge in [-0.15, -0.1) is 0 Å². The molecule has 0 spiro atoms. The molecule has 0 aliphatic heterocycles. The maximum absolute atomic E-state index is 13.1. The van der Waals surface area contributed by atoms with E-state index in [2.05, 4.69) is 4.98 Å². The van der Waals surface area contributed by atoms with Crippen molar-refractivity contribution >= 4 is 17.6 Å². The van der Waals surface area contributed by atoms with Crippen LogP contribution in [0.5, 0.6) is 0 Å². The van der Waals surface area contributed by atoms with E-state index < -0.39 is 0 Å². The molecule has 2 aliphatic carbocycles. The highest BCUT2D eigenvalue weighted by Crippen LogP contribution is 2.31. The summed E-state index contributed by atoms with van der Waals surface area (Å²) < 4.78 is 0. The lowest BCUT2D eigenvalue weighted by molar-refractivity contribution is -0.131. The molecule has 2 aliphatic rings. The highest BCUT2D eigenvalue weighted by molar-refractivity contribution is 6.15. The van der Waals surface area contributed by atoms with Gasteiger partial charge in [-0.3, -0.25) is 9.59 Å². The molecule has 0 atom stereocenters. The second kappa shape index (κ2) is 10.4. The number of hydrogen-bond donors (Lipinski definition) is 0. The quantitative estimate of drug-likeness (QED) is 0.676. The minimum absolute atomic E-state index is 0.0191. The maximum atomic E-state index is 13.1. The molecule has 0 unspecified atom stereocenters. The number of rotatable bonds is 3. The largest absolute Gasteiger partial charge is 0.274 e. The summed E-state index contributed by atoms with van der Waals surface area (Å²) in [6.07, 6.45) is 12.1. The van der Waals surface area contributed by atoms with Gasteiger partial charge in [-0.25, -0.2) is 9.88 Å². The van der Waals surface area contributed by atoms with Gasteiger partial charge in [-0.1, -0.05) is 58.4 Å². The Hall–Kier alpha value is -1.71. The predicted octanol–water partition coefficient (Wildman–Crippen LogP) is 5.44. The van der Waals surface area contributed by atoms with E-state index in [0.717, 1.165) is 56.9 Å². The number of hydrogen-bond acceptors (Lipinski definition) is 3. The van der Waals surface area contributed by atoms with Crippen molar-refractivity contribution in [2.75, 3.05) is 4.90 Å². The molecule has 0 radical (unpaired) electrons. The molecule has 144 valence electrons. The van der Waals surface area contributed by atoms with Crippen molar-refractivity contribution < 1.29 is 9.59 Å². The lowest BCUT2D eigenvalue weighted by Gasteiger charge is -2.31. The van der Waals surface area contributed by atoms with E-state index in [1.165, 1.54) is 17.7 Å². The summed E-state index contributed by atoms with van der Waals surface area (Å²) in [7, 11) is 0. The summed E-state index contributed by atoms with van der Waals surface area (Å²) in [5.74, 6) is 0.416. The molecule has 0 saturated heterocycles. The van der Waals surface area contributed by atoms with Crippen LogP contribution in [0.1, 0.15) is 83.6 Å². The Labute approximate surface area is 158 Å². The number of carbonyl (C=O) groups is 2. The molecule has 1 heterocycles. The van der Waals surface area contributed by atoms with Crippen LogP contribution < -0.4 is 4.90 Å². The van der Waals surface area contributed by atoms with Crippen LogP contribution in [0.4, 0.5) is 5.82 Å². The third-order valence-electron chi connectivity index (χ3n) is 5.47. The Morgan fingerprint density at radius 3 is 1.69 bits per heavy atom. The molecule has 26 heavy (non-hydrogen) atoms. The molecule has 4 heteroatoms. The Bertz CT molecular complexity index is 540. The summed E-state index contributed by atoms with van der Waals surface area (Å²) in [4.78, 5) is 32.1. The van der Waals surface area contributed by atoms with Gasteiger partial charge >= 0.3 is 0 Å². The molecule has 2 amide bonds. The van der Waals surface area contributed by atoms with Crippen molar-refractivity contribution in [1.29, 1.82) is 0 Å². The topological polar surface area (TPSA) is 50.3 Å². The second-order valence-corrected chi connectivity index (χ2v) is 7.38. The molecular formula is C22H34N2O2. The van der Waals surface area contributed by atoms with Gasteiger partial charge in [0, 0.05) is 18.0 Å². The van der Waals surface area contributed by atoms with Crippen molar-refractivity contribution in [1.82, 2.24) is 4.98 Å². The second-order valence-electron chi connectivity index (χ2n) is 7.38. The van der Waals surface area contributed by atoms with Gasteiger partial charge < -0.3 is 0 Å². The van der Waals surface area contributed by atoms with Gasteiger partial charge in [0.2, 0.25) is 11.8 Å². The standard InChI is InChI=1S/C20H28N2O2.C2H6/c1-15-12-13-18(21-14-15)22(19(23)16-8-4-2-5-9-16)20(24)17-10-6-3-7-11-17;1-2/h12-14,16-17H,2-11H2,1H3;1-2H3. The SMILES string of the molecule is CC.Cc1ccc(N(C(=O)C2CCCCC2)C(=O)C2CCCCC2)nc1. The smallest absolute Gasteiger partial charge is 0.238 e. The Morgan fingerprint density at radius 2 is 1.31 bits per heavy atom. The van der Waals surface area contributed by atoms with Gasteiger partial charge in [-0.2, -0.15) is 0 Å². The van der Waals surface area contributed by atoms with E-state index in [0.29, 0.717) is 5.82 Å². The minimum atomic E-state index is -0.0263. The fraction of sp³-hybridized carbons (Fsp3) is 0.682. The summed E-state index contributed by atoms with van der Waals surface area (Å²) in [5.41, 5.74) is 1.04. The van der Waals surface area contributed by atoms with Crippen LogP contribution in [0.2, 0.25) is 0 Å². The van der Waals surface area contributed by atoms with E-state index in [4.69, 9.17) is 0 Å². The van der Waals surface area contributed by atoms with Crippen LogP contribution in [0.25, 0.3) is 0 Å². The van der Waals surface area contributed by atoms with Crippen LogP contribution in [-0.2, 0) is 9.59 Å². The molecule has 0 aromatic carbocycles. The third kappa shape index (κ3) is 5.15. The zero-order chi connectivity index (χ0) is 18.9. The lowest BCUT2D eigenvalue weighted by Crippen LogP contribution is -2.45. The molecule has 1 aromatic rings. The Kier molecular flexibility index (Phi) is 8.27. The van der Waals surface area contributed by atoms with Crippen LogP contribution in [0, 0.1) is 18.8 Å². The summed E-state index contributed by atoms with van der Waals surface area (Å²) >= 11 is 0. The first-order valence-electron chi connectivity index (χ1n) is 10.5. The summed E-state index contributed by atoms with van der Waals surface area (Å²) in [5, 5.41) is 0. The van der Waals surface area contributed by atoms with Gasteiger partial charge in [0.25, 0.3) is 0 Å². The van der Waals surface area contributed by atoms with Crippen molar-refractivity contribution in [3.63, 3.8) is 0 Å². The number of carbonyl (C=O) groups excluding carboxylic acids is 2. The first kappa shape index (κ1) is 20.6. The van der Waals surface area contributed by atoms with Crippen LogP contribution >= 0.6 is 0 Å². The molecular weight excluding hydrogens is 324 g/mol. The number of aryl methyl sites for hydroxylation is 1. The minimum Gasteiger partial charge on any atom is -0.274 e. The number of aromatic nitrogens is 1. The van der Waals surface area contributed by atoms with E-state index in [9.17, 15) is 9.59 Å². The summed E-state index contributed by atoms with van der Waals surface area (Å²) in [6, 6.07) is 3.74. The molecule has 2 saturated carbocycles. The molecule has 0 bridgehead atoms. The normalized spacial score (nSPS) is 18.6. The van der Waals surface area contributed by atoms with Crippen molar-refractivity contribution in [3.8, 4) is 0 Å². The zero-order valence-corrected chi connectivity index (χ0v) is 16.7. The van der Waals surface area contributed by atoms with Crippen molar-refractivity contribution in [2.45, 2.75) is 85.0 Å².